The van der Waals surface area contributed by atoms with E-state index in [1.807, 2.05) is 50.2 Å². The number of benzene rings is 2. The summed E-state index contributed by atoms with van der Waals surface area (Å²) in [6.45, 7) is 3.88. The maximum absolute atomic E-state index is 12.9. The summed E-state index contributed by atoms with van der Waals surface area (Å²) in [6.07, 6.45) is 3.38. The maximum Gasteiger partial charge on any atom is 0.300 e. The lowest BCUT2D eigenvalue weighted by atomic mass is 10.0. The van der Waals surface area contributed by atoms with E-state index in [0.717, 1.165) is 11.1 Å². The second kappa shape index (κ2) is 8.16. The highest BCUT2D eigenvalue weighted by Gasteiger charge is 2.15. The Hall–Kier alpha value is -3.39. The third kappa shape index (κ3) is 3.73. The number of hydrogen-bond acceptors (Lipinski definition) is 6. The molecule has 0 fully saturated rings. The molecule has 7 nitrogen and oxygen atoms in total. The Labute approximate surface area is 177 Å². The number of carbonyl (C=O) groups is 1. The molecule has 0 unspecified atom stereocenters. The molecule has 0 saturated heterocycles. The van der Waals surface area contributed by atoms with E-state index < -0.39 is 0 Å². The first-order valence-corrected chi connectivity index (χ1v) is 10.3. The van der Waals surface area contributed by atoms with Gasteiger partial charge >= 0.3 is 5.56 Å². The number of ketones is 1. The fourth-order valence-corrected chi connectivity index (χ4v) is 3.97. The molecule has 0 bridgehead atoms. The van der Waals surface area contributed by atoms with Gasteiger partial charge in [0, 0.05) is 24.0 Å². The fraction of sp³-hybridized carbons (Fsp3) is 0.182. The molecule has 0 aliphatic heterocycles. The summed E-state index contributed by atoms with van der Waals surface area (Å²) < 4.78 is 8.33. The number of fused-ring (bicyclic) bond motifs is 1. The van der Waals surface area contributed by atoms with Gasteiger partial charge in [-0.15, -0.1) is 10.2 Å². The van der Waals surface area contributed by atoms with Crippen LogP contribution in [0.15, 0.2) is 64.8 Å². The molecule has 30 heavy (non-hydrogen) atoms. The third-order valence-corrected chi connectivity index (χ3v) is 5.74. The summed E-state index contributed by atoms with van der Waals surface area (Å²) in [5.41, 5.74) is 3.26. The summed E-state index contributed by atoms with van der Waals surface area (Å²) >= 11 is 1.26. The highest BCUT2D eigenvalue weighted by Crippen LogP contribution is 2.20. The van der Waals surface area contributed by atoms with Gasteiger partial charge in [-0.2, -0.15) is 0 Å². The SMILES string of the molecule is COc1cccc(-n2ccn3c(SCC(=O)c4cc(C)ccc4C)nnc3c2=O)c1. The van der Waals surface area contributed by atoms with Gasteiger partial charge in [0.2, 0.25) is 5.65 Å². The van der Waals surface area contributed by atoms with Crippen molar-refractivity contribution in [3.8, 4) is 11.4 Å². The molecular formula is C22H20N4O3S. The molecule has 152 valence electrons. The number of ether oxygens (including phenoxy) is 1. The molecule has 0 spiro atoms. The summed E-state index contributed by atoms with van der Waals surface area (Å²) in [5, 5.41) is 8.66. The van der Waals surface area contributed by atoms with Crippen LogP contribution < -0.4 is 10.3 Å². The quantitative estimate of drug-likeness (QED) is 0.351. The molecule has 0 atom stereocenters. The van der Waals surface area contributed by atoms with Crippen LogP contribution in [0.5, 0.6) is 5.75 Å². The van der Waals surface area contributed by atoms with Gasteiger partial charge in [-0.25, -0.2) is 0 Å². The van der Waals surface area contributed by atoms with Crippen molar-refractivity contribution in [2.75, 3.05) is 12.9 Å². The molecule has 2 aromatic carbocycles. The Kier molecular flexibility index (Phi) is 5.41. The standard InChI is InChI=1S/C22H20N4O3S/c1-14-7-8-15(2)18(11-14)19(27)13-30-22-24-23-20-21(28)25(9-10-26(20)22)16-5-4-6-17(12-16)29-3/h4-12H,13H2,1-3H3. The molecule has 0 N–H and O–H groups in total. The molecule has 0 amide bonds. The van der Waals surface area contributed by atoms with Crippen LogP contribution in [0.25, 0.3) is 11.3 Å². The fourth-order valence-electron chi connectivity index (χ4n) is 3.17. The van der Waals surface area contributed by atoms with Crippen LogP contribution in [-0.4, -0.2) is 37.8 Å². The zero-order chi connectivity index (χ0) is 21.3. The van der Waals surface area contributed by atoms with Crippen molar-refractivity contribution in [2.45, 2.75) is 19.0 Å². The van der Waals surface area contributed by atoms with Gasteiger partial charge in [0.05, 0.1) is 18.6 Å². The highest BCUT2D eigenvalue weighted by atomic mass is 32.2. The monoisotopic (exact) mass is 420 g/mol. The third-order valence-electron chi connectivity index (χ3n) is 4.80. The van der Waals surface area contributed by atoms with Gasteiger partial charge in [-0.05, 0) is 37.6 Å². The normalized spacial score (nSPS) is 11.0. The van der Waals surface area contributed by atoms with Gasteiger partial charge in [-0.3, -0.25) is 18.6 Å². The van der Waals surface area contributed by atoms with E-state index in [1.54, 1.807) is 30.0 Å². The predicted molar refractivity (Wildman–Crippen MR) is 116 cm³/mol. The Morgan fingerprint density at radius 1 is 1.10 bits per heavy atom. The predicted octanol–water partition coefficient (Wildman–Crippen LogP) is 3.48. The smallest absolute Gasteiger partial charge is 0.300 e. The number of nitrogens with zero attached hydrogens (tertiary/aromatic N) is 4. The minimum absolute atomic E-state index is 0.0164. The van der Waals surface area contributed by atoms with Crippen LogP contribution >= 0.6 is 11.8 Å². The van der Waals surface area contributed by atoms with Gasteiger partial charge < -0.3 is 4.74 Å². The van der Waals surface area contributed by atoms with E-state index in [0.29, 0.717) is 22.2 Å². The molecule has 0 aliphatic carbocycles. The van der Waals surface area contributed by atoms with Gasteiger partial charge in [0.15, 0.2) is 10.9 Å². The number of rotatable bonds is 6. The van der Waals surface area contributed by atoms with Crippen molar-refractivity contribution in [1.29, 1.82) is 0 Å². The zero-order valence-electron chi connectivity index (χ0n) is 16.8. The van der Waals surface area contributed by atoms with Crippen molar-refractivity contribution in [3.05, 3.63) is 81.9 Å². The summed E-state index contributed by atoms with van der Waals surface area (Å²) in [5.74, 6) is 0.883. The van der Waals surface area contributed by atoms with Crippen molar-refractivity contribution in [3.63, 3.8) is 0 Å². The molecule has 0 radical (unpaired) electrons. The largest absolute Gasteiger partial charge is 0.497 e. The van der Waals surface area contributed by atoms with Crippen molar-refractivity contribution >= 4 is 23.2 Å². The molecular weight excluding hydrogens is 400 g/mol. The van der Waals surface area contributed by atoms with Crippen LogP contribution in [0, 0.1) is 13.8 Å². The minimum atomic E-state index is -0.300. The first-order chi connectivity index (χ1) is 14.5. The first-order valence-electron chi connectivity index (χ1n) is 9.32. The van der Waals surface area contributed by atoms with Gasteiger partial charge in [-0.1, -0.05) is 35.5 Å². The zero-order valence-corrected chi connectivity index (χ0v) is 17.6. The number of carbonyl (C=O) groups excluding carboxylic acids is 1. The average molecular weight is 420 g/mol. The second-order valence-electron chi connectivity index (χ2n) is 6.88. The van der Waals surface area contributed by atoms with E-state index in [1.165, 1.54) is 16.3 Å². The summed E-state index contributed by atoms with van der Waals surface area (Å²) in [6, 6.07) is 13.0. The Bertz CT molecular complexity index is 1310. The van der Waals surface area contributed by atoms with E-state index in [2.05, 4.69) is 10.2 Å². The van der Waals surface area contributed by atoms with Crippen LogP contribution in [0.2, 0.25) is 0 Å². The lowest BCUT2D eigenvalue weighted by Crippen LogP contribution is -2.20. The number of methoxy groups -OCH3 is 1. The summed E-state index contributed by atoms with van der Waals surface area (Å²) in [4.78, 5) is 25.6. The highest BCUT2D eigenvalue weighted by molar-refractivity contribution is 7.99. The maximum atomic E-state index is 12.9. The lowest BCUT2D eigenvalue weighted by molar-refractivity contribution is 0.102. The van der Waals surface area contributed by atoms with E-state index in [4.69, 9.17) is 4.74 Å². The van der Waals surface area contributed by atoms with E-state index in [-0.39, 0.29) is 22.7 Å². The van der Waals surface area contributed by atoms with Crippen molar-refractivity contribution < 1.29 is 9.53 Å². The van der Waals surface area contributed by atoms with Crippen molar-refractivity contribution in [2.24, 2.45) is 0 Å². The Morgan fingerprint density at radius 3 is 2.73 bits per heavy atom. The molecule has 4 aromatic rings. The Morgan fingerprint density at radius 2 is 1.93 bits per heavy atom. The number of thioether (sulfide) groups is 1. The molecule has 4 rings (SSSR count). The minimum Gasteiger partial charge on any atom is -0.497 e. The van der Waals surface area contributed by atoms with E-state index >= 15 is 0 Å². The number of Topliss-reactive ketones (excluding diaryl/α,β-unsaturated/α-hetero) is 1. The lowest BCUT2D eigenvalue weighted by Gasteiger charge is -2.08. The Balaban J connectivity index is 1.61. The summed E-state index contributed by atoms with van der Waals surface area (Å²) in [7, 11) is 1.58. The van der Waals surface area contributed by atoms with E-state index in [9.17, 15) is 9.59 Å². The van der Waals surface area contributed by atoms with Gasteiger partial charge in [0.1, 0.15) is 5.75 Å². The number of aromatic nitrogens is 4. The van der Waals surface area contributed by atoms with Crippen molar-refractivity contribution in [1.82, 2.24) is 19.2 Å². The second-order valence-corrected chi connectivity index (χ2v) is 7.82. The van der Waals surface area contributed by atoms with Crippen LogP contribution in [0.1, 0.15) is 21.5 Å². The van der Waals surface area contributed by atoms with Crippen LogP contribution in [0.3, 0.4) is 0 Å². The average Bonchev–Trinajstić information content (AvgIpc) is 3.18. The molecule has 0 aliphatic rings. The number of hydrogen-bond donors (Lipinski definition) is 0. The molecule has 2 heterocycles. The number of aryl methyl sites for hydroxylation is 2. The van der Waals surface area contributed by atoms with Crippen LogP contribution in [0.4, 0.5) is 0 Å². The molecule has 8 heteroatoms. The van der Waals surface area contributed by atoms with Gasteiger partial charge in [0.25, 0.3) is 0 Å². The topological polar surface area (TPSA) is 78.5 Å². The van der Waals surface area contributed by atoms with Crippen LogP contribution in [-0.2, 0) is 0 Å². The molecule has 0 saturated carbocycles. The molecule has 2 aromatic heterocycles. The first kappa shape index (κ1) is 19.9.